The zero-order valence-electron chi connectivity index (χ0n) is 10.7. The lowest BCUT2D eigenvalue weighted by Gasteiger charge is -2.12. The lowest BCUT2D eigenvalue weighted by atomic mass is 10.4. The number of carbonyl (C=O) groups is 1. The highest BCUT2D eigenvalue weighted by Gasteiger charge is 2.13. The van der Waals surface area contributed by atoms with Gasteiger partial charge < -0.3 is 4.57 Å². The van der Waals surface area contributed by atoms with E-state index in [1.54, 1.807) is 4.68 Å². The highest BCUT2D eigenvalue weighted by atomic mass is 79.9. The minimum absolute atomic E-state index is 0.107. The minimum atomic E-state index is -0.107. The predicted molar refractivity (Wildman–Crippen MR) is 75.4 cm³/mol. The molecule has 2 aromatic heterocycles. The highest BCUT2D eigenvalue weighted by Crippen LogP contribution is 2.15. The van der Waals surface area contributed by atoms with Gasteiger partial charge in [-0.2, -0.15) is 0 Å². The lowest BCUT2D eigenvalue weighted by Crippen LogP contribution is -2.26. The smallest absolute Gasteiger partial charge is 0.286 e. The standard InChI is InChI=1S/C13H16BrN3O/c1-4-16-8-11(14)7-12(16)13(18)15-17-9(2)5-6-10(17)3/h5-8H,4H2,1-3H3,(H,15,18). The van der Waals surface area contributed by atoms with Crippen molar-refractivity contribution in [2.24, 2.45) is 0 Å². The Hall–Kier alpha value is -1.49. The van der Waals surface area contributed by atoms with E-state index in [4.69, 9.17) is 0 Å². The van der Waals surface area contributed by atoms with Crippen LogP contribution in [-0.2, 0) is 6.54 Å². The largest absolute Gasteiger partial charge is 0.343 e. The van der Waals surface area contributed by atoms with Crippen molar-refractivity contribution in [3.63, 3.8) is 0 Å². The number of nitrogens with zero attached hydrogens (tertiary/aromatic N) is 2. The molecule has 0 radical (unpaired) electrons. The van der Waals surface area contributed by atoms with E-state index in [0.717, 1.165) is 22.4 Å². The third kappa shape index (κ3) is 2.36. The first-order valence-corrected chi connectivity index (χ1v) is 6.64. The van der Waals surface area contributed by atoms with Crippen LogP contribution < -0.4 is 5.43 Å². The molecule has 2 aromatic rings. The monoisotopic (exact) mass is 309 g/mol. The molecule has 0 saturated carbocycles. The van der Waals surface area contributed by atoms with Crippen molar-refractivity contribution >= 4 is 21.8 Å². The second-order valence-corrected chi connectivity index (χ2v) is 5.14. The van der Waals surface area contributed by atoms with Crippen LogP contribution in [0.5, 0.6) is 0 Å². The van der Waals surface area contributed by atoms with Crippen LogP contribution in [0.4, 0.5) is 0 Å². The number of amides is 1. The van der Waals surface area contributed by atoms with E-state index in [1.165, 1.54) is 0 Å². The molecule has 0 atom stereocenters. The average Bonchev–Trinajstić information content (AvgIpc) is 2.86. The molecule has 0 spiro atoms. The van der Waals surface area contributed by atoms with Gasteiger partial charge in [0.25, 0.3) is 5.91 Å². The van der Waals surface area contributed by atoms with Crippen molar-refractivity contribution < 1.29 is 4.79 Å². The molecule has 18 heavy (non-hydrogen) atoms. The summed E-state index contributed by atoms with van der Waals surface area (Å²) in [6.07, 6.45) is 1.91. The maximum absolute atomic E-state index is 12.2. The van der Waals surface area contributed by atoms with Crippen molar-refractivity contribution in [3.8, 4) is 0 Å². The van der Waals surface area contributed by atoms with Gasteiger partial charge in [0.2, 0.25) is 0 Å². The number of hydrogen-bond donors (Lipinski definition) is 1. The summed E-state index contributed by atoms with van der Waals surface area (Å²) in [5.41, 5.74) is 5.57. The Bertz CT molecular complexity index is 564. The summed E-state index contributed by atoms with van der Waals surface area (Å²) in [4.78, 5) is 12.2. The van der Waals surface area contributed by atoms with Gasteiger partial charge in [0.15, 0.2) is 0 Å². The van der Waals surface area contributed by atoms with E-state index in [2.05, 4.69) is 21.4 Å². The van der Waals surface area contributed by atoms with Gasteiger partial charge in [-0.15, -0.1) is 0 Å². The van der Waals surface area contributed by atoms with Crippen LogP contribution in [0.25, 0.3) is 0 Å². The van der Waals surface area contributed by atoms with Crippen LogP contribution in [-0.4, -0.2) is 15.2 Å². The number of halogens is 1. The van der Waals surface area contributed by atoms with Crippen LogP contribution in [0.2, 0.25) is 0 Å². The van der Waals surface area contributed by atoms with Crippen molar-refractivity contribution in [3.05, 3.63) is 46.0 Å². The summed E-state index contributed by atoms with van der Waals surface area (Å²) in [5.74, 6) is -0.107. The first-order valence-electron chi connectivity index (χ1n) is 5.85. The highest BCUT2D eigenvalue weighted by molar-refractivity contribution is 9.10. The quantitative estimate of drug-likeness (QED) is 0.930. The number of aryl methyl sites for hydroxylation is 3. The Morgan fingerprint density at radius 3 is 2.50 bits per heavy atom. The fraction of sp³-hybridized carbons (Fsp3) is 0.308. The van der Waals surface area contributed by atoms with Crippen molar-refractivity contribution in [2.45, 2.75) is 27.3 Å². The van der Waals surface area contributed by atoms with Gasteiger partial charge in [0.05, 0.1) is 0 Å². The van der Waals surface area contributed by atoms with Crippen molar-refractivity contribution in [1.29, 1.82) is 0 Å². The second kappa shape index (κ2) is 5.02. The third-order valence-corrected chi connectivity index (χ3v) is 3.35. The molecule has 4 nitrogen and oxygen atoms in total. The van der Waals surface area contributed by atoms with Gasteiger partial charge in [-0.25, -0.2) is 0 Å². The fourth-order valence-corrected chi connectivity index (χ4v) is 2.39. The number of hydrogen-bond acceptors (Lipinski definition) is 1. The Morgan fingerprint density at radius 2 is 1.94 bits per heavy atom. The minimum Gasteiger partial charge on any atom is -0.343 e. The van der Waals surface area contributed by atoms with Crippen LogP contribution >= 0.6 is 15.9 Å². The van der Waals surface area contributed by atoms with Crippen LogP contribution in [0.3, 0.4) is 0 Å². The summed E-state index contributed by atoms with van der Waals surface area (Å²) >= 11 is 3.39. The molecular formula is C13H16BrN3O. The topological polar surface area (TPSA) is 39.0 Å². The summed E-state index contributed by atoms with van der Waals surface area (Å²) in [7, 11) is 0. The molecule has 2 heterocycles. The van der Waals surface area contributed by atoms with E-state index in [-0.39, 0.29) is 5.91 Å². The van der Waals surface area contributed by atoms with E-state index in [0.29, 0.717) is 5.69 Å². The second-order valence-electron chi connectivity index (χ2n) is 4.22. The molecule has 0 aliphatic heterocycles. The summed E-state index contributed by atoms with van der Waals surface area (Å²) in [5, 5.41) is 0. The molecule has 0 fully saturated rings. The van der Waals surface area contributed by atoms with Gasteiger partial charge in [-0.3, -0.25) is 14.9 Å². The zero-order valence-corrected chi connectivity index (χ0v) is 12.3. The summed E-state index contributed by atoms with van der Waals surface area (Å²) in [6.45, 7) is 6.69. The predicted octanol–water partition coefficient (Wildman–Crippen LogP) is 3.07. The van der Waals surface area contributed by atoms with Crippen LogP contribution in [0.1, 0.15) is 28.8 Å². The van der Waals surface area contributed by atoms with E-state index < -0.39 is 0 Å². The van der Waals surface area contributed by atoms with Crippen LogP contribution in [0, 0.1) is 13.8 Å². The maximum atomic E-state index is 12.2. The molecule has 0 unspecified atom stereocenters. The average molecular weight is 310 g/mol. The molecule has 1 N–H and O–H groups in total. The molecule has 0 saturated heterocycles. The van der Waals surface area contributed by atoms with Crippen molar-refractivity contribution in [1.82, 2.24) is 9.24 Å². The Morgan fingerprint density at radius 1 is 1.33 bits per heavy atom. The third-order valence-electron chi connectivity index (χ3n) is 2.92. The molecular weight excluding hydrogens is 294 g/mol. The number of rotatable bonds is 3. The number of nitrogens with one attached hydrogen (secondary N) is 1. The molecule has 0 bridgehead atoms. The molecule has 1 amide bonds. The first kappa shape index (κ1) is 13.0. The fourth-order valence-electron chi connectivity index (χ4n) is 1.93. The van der Waals surface area contributed by atoms with E-state index in [1.807, 2.05) is 49.7 Å². The van der Waals surface area contributed by atoms with Gasteiger partial charge in [0.1, 0.15) is 5.69 Å². The van der Waals surface area contributed by atoms with Gasteiger partial charge in [0, 0.05) is 28.6 Å². The summed E-state index contributed by atoms with van der Waals surface area (Å²) in [6, 6.07) is 5.78. The molecule has 0 aromatic carbocycles. The zero-order chi connectivity index (χ0) is 13.3. The molecule has 2 rings (SSSR count). The first-order chi connectivity index (χ1) is 8.52. The number of carbonyl (C=O) groups excluding carboxylic acids is 1. The SMILES string of the molecule is CCn1cc(Br)cc1C(=O)Nn1c(C)ccc1C. The Kier molecular flexibility index (Phi) is 3.61. The van der Waals surface area contributed by atoms with Gasteiger partial charge >= 0.3 is 0 Å². The van der Waals surface area contributed by atoms with Crippen LogP contribution in [0.15, 0.2) is 28.9 Å². The number of aromatic nitrogens is 2. The Balaban J connectivity index is 2.27. The Labute approximate surface area is 115 Å². The van der Waals surface area contributed by atoms with Gasteiger partial charge in [-0.1, -0.05) is 0 Å². The maximum Gasteiger partial charge on any atom is 0.286 e. The lowest BCUT2D eigenvalue weighted by molar-refractivity contribution is 0.0998. The molecule has 0 aliphatic rings. The normalized spacial score (nSPS) is 10.7. The summed E-state index contributed by atoms with van der Waals surface area (Å²) < 4.78 is 4.62. The van der Waals surface area contributed by atoms with Crippen molar-refractivity contribution in [2.75, 3.05) is 5.43 Å². The van der Waals surface area contributed by atoms with E-state index in [9.17, 15) is 4.79 Å². The van der Waals surface area contributed by atoms with Gasteiger partial charge in [-0.05, 0) is 54.9 Å². The molecule has 0 aliphatic carbocycles. The molecule has 5 heteroatoms. The molecule has 96 valence electrons. The van der Waals surface area contributed by atoms with E-state index >= 15 is 0 Å².